The number of nitrogens with one attached hydrogen (secondary N) is 3. The number of ketones is 1. The van der Waals surface area contributed by atoms with Gasteiger partial charge in [0, 0.05) is 52.1 Å². The standard InChI is InChI=1S/C23H39N7O4/c1-7-24-21-19(16(31)13-14-17(32)29(9-3)10-4)27-22(25-8-2)20(28-21)23(34)26-15-18(33)30(11-5)12-6/h7-15H2,1-6H3,(H,24,28)(H,25,27)(H,26,34). The van der Waals surface area contributed by atoms with Crippen molar-refractivity contribution in [2.75, 3.05) is 56.4 Å². The van der Waals surface area contributed by atoms with E-state index in [-0.39, 0.29) is 60.0 Å². The lowest BCUT2D eigenvalue weighted by Crippen LogP contribution is -2.40. The highest BCUT2D eigenvalue weighted by Crippen LogP contribution is 2.20. The van der Waals surface area contributed by atoms with E-state index in [1.165, 1.54) is 0 Å². The van der Waals surface area contributed by atoms with Crippen molar-refractivity contribution >= 4 is 35.1 Å². The van der Waals surface area contributed by atoms with Gasteiger partial charge in [-0.25, -0.2) is 9.97 Å². The molecule has 0 saturated carbocycles. The molecule has 0 fully saturated rings. The summed E-state index contributed by atoms with van der Waals surface area (Å²) < 4.78 is 0. The van der Waals surface area contributed by atoms with Gasteiger partial charge in [-0.3, -0.25) is 19.2 Å². The maximum Gasteiger partial charge on any atom is 0.274 e. The van der Waals surface area contributed by atoms with Gasteiger partial charge in [0.05, 0.1) is 6.54 Å². The van der Waals surface area contributed by atoms with Crippen molar-refractivity contribution in [1.29, 1.82) is 0 Å². The first-order valence-corrected chi connectivity index (χ1v) is 12.0. The lowest BCUT2D eigenvalue weighted by molar-refractivity contribution is -0.131. The zero-order chi connectivity index (χ0) is 25.7. The van der Waals surface area contributed by atoms with Gasteiger partial charge >= 0.3 is 0 Å². The second-order valence-electron chi connectivity index (χ2n) is 7.42. The molecule has 3 amide bonds. The fraction of sp³-hybridized carbons (Fsp3) is 0.652. The van der Waals surface area contributed by atoms with E-state index in [1.54, 1.807) is 9.80 Å². The van der Waals surface area contributed by atoms with Crippen LogP contribution in [-0.2, 0) is 9.59 Å². The van der Waals surface area contributed by atoms with Crippen molar-refractivity contribution in [2.24, 2.45) is 0 Å². The summed E-state index contributed by atoms with van der Waals surface area (Å²) in [5.41, 5.74) is 0.0572. The van der Waals surface area contributed by atoms with Crippen molar-refractivity contribution in [3.63, 3.8) is 0 Å². The SMILES string of the molecule is CCNc1nc(C(=O)NCC(=O)N(CC)CC)c(NCC)nc1C(=O)CCC(=O)N(CC)CC. The molecule has 3 N–H and O–H groups in total. The van der Waals surface area contributed by atoms with Crippen LogP contribution in [0.25, 0.3) is 0 Å². The fourth-order valence-electron chi connectivity index (χ4n) is 3.37. The van der Waals surface area contributed by atoms with E-state index in [1.807, 2.05) is 41.5 Å². The molecule has 0 radical (unpaired) electrons. The Morgan fingerprint density at radius 2 is 1.15 bits per heavy atom. The monoisotopic (exact) mass is 477 g/mol. The van der Waals surface area contributed by atoms with Gasteiger partial charge in [0.25, 0.3) is 5.91 Å². The average Bonchev–Trinajstić information content (AvgIpc) is 2.83. The van der Waals surface area contributed by atoms with Crippen LogP contribution in [0, 0.1) is 0 Å². The van der Waals surface area contributed by atoms with Crippen molar-refractivity contribution in [2.45, 2.75) is 54.4 Å². The molecule has 0 saturated heterocycles. The van der Waals surface area contributed by atoms with Gasteiger partial charge in [-0.2, -0.15) is 0 Å². The molecule has 0 spiro atoms. The van der Waals surface area contributed by atoms with Crippen molar-refractivity contribution in [3.8, 4) is 0 Å². The zero-order valence-electron chi connectivity index (χ0n) is 21.3. The lowest BCUT2D eigenvalue weighted by Gasteiger charge is -2.19. The first kappa shape index (κ1) is 28.8. The van der Waals surface area contributed by atoms with E-state index in [2.05, 4.69) is 25.9 Å². The summed E-state index contributed by atoms with van der Waals surface area (Å²) in [6, 6.07) is 0. The van der Waals surface area contributed by atoms with Crippen LogP contribution < -0.4 is 16.0 Å². The number of hydrogen-bond acceptors (Lipinski definition) is 8. The summed E-state index contributed by atoms with van der Waals surface area (Å²) in [4.78, 5) is 62.4. The highest BCUT2D eigenvalue weighted by atomic mass is 16.2. The maximum atomic E-state index is 12.9. The number of anilines is 2. The van der Waals surface area contributed by atoms with Crippen LogP contribution in [0.3, 0.4) is 0 Å². The van der Waals surface area contributed by atoms with E-state index in [4.69, 9.17) is 0 Å². The minimum Gasteiger partial charge on any atom is -0.368 e. The van der Waals surface area contributed by atoms with E-state index in [0.29, 0.717) is 39.3 Å². The molecule has 0 bridgehead atoms. The minimum atomic E-state index is -0.571. The highest BCUT2D eigenvalue weighted by molar-refractivity contribution is 6.03. The van der Waals surface area contributed by atoms with Gasteiger partial charge in [-0.05, 0) is 41.5 Å². The minimum absolute atomic E-state index is 0.0130. The van der Waals surface area contributed by atoms with Crippen LogP contribution in [0.15, 0.2) is 0 Å². The second-order valence-corrected chi connectivity index (χ2v) is 7.42. The molecule has 1 rings (SSSR count). The Kier molecular flexibility index (Phi) is 12.5. The molecule has 0 unspecified atom stereocenters. The van der Waals surface area contributed by atoms with E-state index in [0.717, 1.165) is 0 Å². The van der Waals surface area contributed by atoms with Gasteiger partial charge in [0.2, 0.25) is 11.8 Å². The molecular weight excluding hydrogens is 438 g/mol. The van der Waals surface area contributed by atoms with Gasteiger partial charge in [-0.1, -0.05) is 0 Å². The molecule has 0 aromatic carbocycles. The summed E-state index contributed by atoms with van der Waals surface area (Å²) in [6.45, 7) is 14.2. The molecule has 0 aliphatic heterocycles. The summed E-state index contributed by atoms with van der Waals surface area (Å²) >= 11 is 0. The molecular formula is C23H39N7O4. The Bertz CT molecular complexity index is 782. The largest absolute Gasteiger partial charge is 0.368 e. The summed E-state index contributed by atoms with van der Waals surface area (Å²) in [6.07, 6.45) is 0.0535. The van der Waals surface area contributed by atoms with Crippen LogP contribution in [-0.4, -0.2) is 89.1 Å². The second kappa shape index (κ2) is 14.8. The van der Waals surface area contributed by atoms with Crippen molar-refractivity contribution < 1.29 is 19.2 Å². The van der Waals surface area contributed by atoms with Gasteiger partial charge in [-0.15, -0.1) is 0 Å². The lowest BCUT2D eigenvalue weighted by atomic mass is 10.1. The summed E-state index contributed by atoms with van der Waals surface area (Å²) in [7, 11) is 0. The van der Waals surface area contributed by atoms with Crippen molar-refractivity contribution in [3.05, 3.63) is 11.4 Å². The molecule has 0 atom stereocenters. The van der Waals surface area contributed by atoms with Gasteiger partial charge in [0.15, 0.2) is 28.8 Å². The van der Waals surface area contributed by atoms with Crippen molar-refractivity contribution in [1.82, 2.24) is 25.1 Å². The van der Waals surface area contributed by atoms with E-state index < -0.39 is 5.91 Å². The maximum absolute atomic E-state index is 12.9. The number of amides is 3. The molecule has 190 valence electrons. The van der Waals surface area contributed by atoms with Gasteiger partial charge in [0.1, 0.15) is 0 Å². The predicted octanol–water partition coefficient (Wildman–Crippen LogP) is 1.77. The Morgan fingerprint density at radius 3 is 1.65 bits per heavy atom. The van der Waals surface area contributed by atoms with E-state index in [9.17, 15) is 19.2 Å². The predicted molar refractivity (Wildman–Crippen MR) is 132 cm³/mol. The molecule has 1 heterocycles. The summed E-state index contributed by atoms with van der Waals surface area (Å²) in [5.74, 6) is -0.893. The number of carbonyl (C=O) groups is 4. The molecule has 11 heteroatoms. The Balaban J connectivity index is 3.16. The number of likely N-dealkylation sites (N-methyl/N-ethyl adjacent to an activating group) is 1. The molecule has 1 aromatic rings. The van der Waals surface area contributed by atoms with Crippen LogP contribution in [0.1, 0.15) is 75.4 Å². The number of Topliss-reactive ketones (excluding diaryl/α,β-unsaturated/α-hetero) is 1. The number of hydrogen-bond donors (Lipinski definition) is 3. The first-order valence-electron chi connectivity index (χ1n) is 12.0. The average molecular weight is 478 g/mol. The Labute approximate surface area is 202 Å². The Hall–Kier alpha value is -3.24. The molecule has 1 aromatic heterocycles. The third kappa shape index (κ3) is 7.96. The van der Waals surface area contributed by atoms with Crippen LogP contribution in [0.2, 0.25) is 0 Å². The van der Waals surface area contributed by atoms with Crippen LogP contribution >= 0.6 is 0 Å². The smallest absolute Gasteiger partial charge is 0.274 e. The Morgan fingerprint density at radius 1 is 0.676 bits per heavy atom. The number of aromatic nitrogens is 2. The number of rotatable bonds is 15. The number of nitrogens with zero attached hydrogens (tertiary/aromatic N) is 4. The first-order chi connectivity index (χ1) is 16.3. The number of carbonyl (C=O) groups excluding carboxylic acids is 4. The fourth-order valence-corrected chi connectivity index (χ4v) is 3.37. The molecule has 0 aliphatic carbocycles. The van der Waals surface area contributed by atoms with E-state index >= 15 is 0 Å². The quantitative estimate of drug-likeness (QED) is 0.325. The van der Waals surface area contributed by atoms with Crippen LogP contribution in [0.5, 0.6) is 0 Å². The van der Waals surface area contributed by atoms with Crippen LogP contribution in [0.4, 0.5) is 11.6 Å². The van der Waals surface area contributed by atoms with Gasteiger partial charge < -0.3 is 25.8 Å². The molecule has 11 nitrogen and oxygen atoms in total. The normalized spacial score (nSPS) is 10.4. The zero-order valence-corrected chi connectivity index (χ0v) is 21.3. The highest BCUT2D eigenvalue weighted by Gasteiger charge is 2.24. The third-order valence-electron chi connectivity index (χ3n) is 5.26. The molecule has 34 heavy (non-hydrogen) atoms. The molecule has 0 aliphatic rings. The summed E-state index contributed by atoms with van der Waals surface area (Å²) in [5, 5.41) is 8.55. The topological polar surface area (TPSA) is 137 Å². The third-order valence-corrected chi connectivity index (χ3v) is 5.26.